The van der Waals surface area contributed by atoms with Gasteiger partial charge in [0.15, 0.2) is 0 Å². The van der Waals surface area contributed by atoms with Gasteiger partial charge in [0.05, 0.1) is 12.8 Å². The molecule has 0 radical (unpaired) electrons. The first-order chi connectivity index (χ1) is 10.0. The van der Waals surface area contributed by atoms with Gasteiger partial charge in [0.1, 0.15) is 11.6 Å². The monoisotopic (exact) mass is 352 g/mol. The smallest absolute Gasteiger partial charge is 0.248 e. The lowest BCUT2D eigenvalue weighted by Crippen LogP contribution is -2.12. The summed E-state index contributed by atoms with van der Waals surface area (Å²) in [5.74, 6) is -0.424. The molecule has 0 bridgehead atoms. The highest BCUT2D eigenvalue weighted by molar-refractivity contribution is 9.10. The SMILES string of the molecule is COc1ccc(Br)c(NCc2ccc(C(N)=O)cc2F)c1. The molecule has 0 aliphatic heterocycles. The third-order valence-electron chi connectivity index (χ3n) is 2.98. The number of amides is 1. The van der Waals surface area contributed by atoms with Crippen molar-refractivity contribution in [2.24, 2.45) is 5.73 Å². The highest BCUT2D eigenvalue weighted by Crippen LogP contribution is 2.27. The van der Waals surface area contributed by atoms with Gasteiger partial charge in [-0.25, -0.2) is 4.39 Å². The molecule has 2 aromatic carbocycles. The fourth-order valence-electron chi connectivity index (χ4n) is 1.80. The number of methoxy groups -OCH3 is 1. The fourth-order valence-corrected chi connectivity index (χ4v) is 2.19. The van der Waals surface area contributed by atoms with Gasteiger partial charge in [-0.05, 0) is 40.2 Å². The molecule has 0 aliphatic rings. The van der Waals surface area contributed by atoms with Gasteiger partial charge in [-0.15, -0.1) is 0 Å². The van der Waals surface area contributed by atoms with E-state index in [1.165, 1.54) is 12.1 Å². The van der Waals surface area contributed by atoms with Crippen LogP contribution in [0.5, 0.6) is 5.75 Å². The van der Waals surface area contributed by atoms with Crippen LogP contribution in [-0.4, -0.2) is 13.0 Å². The summed E-state index contributed by atoms with van der Waals surface area (Å²) in [6, 6.07) is 9.64. The van der Waals surface area contributed by atoms with Crippen molar-refractivity contribution in [2.75, 3.05) is 12.4 Å². The van der Waals surface area contributed by atoms with Crippen LogP contribution < -0.4 is 15.8 Å². The molecule has 0 saturated carbocycles. The van der Waals surface area contributed by atoms with Crippen LogP contribution in [0.25, 0.3) is 0 Å². The van der Waals surface area contributed by atoms with E-state index in [0.29, 0.717) is 11.3 Å². The van der Waals surface area contributed by atoms with Gasteiger partial charge in [0, 0.05) is 28.2 Å². The zero-order valence-corrected chi connectivity index (χ0v) is 12.9. The highest BCUT2D eigenvalue weighted by atomic mass is 79.9. The summed E-state index contributed by atoms with van der Waals surface area (Å²) in [5, 5.41) is 3.11. The summed E-state index contributed by atoms with van der Waals surface area (Å²) >= 11 is 3.41. The predicted octanol–water partition coefficient (Wildman–Crippen LogP) is 3.31. The number of hydrogen-bond acceptors (Lipinski definition) is 3. The molecule has 0 heterocycles. The number of carbonyl (C=O) groups excluding carboxylic acids is 1. The van der Waals surface area contributed by atoms with E-state index in [9.17, 15) is 9.18 Å². The van der Waals surface area contributed by atoms with E-state index in [-0.39, 0.29) is 12.1 Å². The van der Waals surface area contributed by atoms with Crippen molar-refractivity contribution in [2.45, 2.75) is 6.54 Å². The molecule has 2 aromatic rings. The summed E-state index contributed by atoms with van der Waals surface area (Å²) < 4.78 is 19.9. The van der Waals surface area contributed by atoms with Crippen molar-refractivity contribution < 1.29 is 13.9 Å². The summed E-state index contributed by atoms with van der Waals surface area (Å²) in [7, 11) is 1.58. The van der Waals surface area contributed by atoms with Crippen molar-refractivity contribution in [1.29, 1.82) is 0 Å². The van der Waals surface area contributed by atoms with Gasteiger partial charge in [0.2, 0.25) is 5.91 Å². The van der Waals surface area contributed by atoms with Crippen molar-refractivity contribution >= 4 is 27.5 Å². The molecule has 0 unspecified atom stereocenters. The average molecular weight is 353 g/mol. The number of anilines is 1. The first-order valence-corrected chi connectivity index (χ1v) is 6.96. The van der Waals surface area contributed by atoms with Crippen LogP contribution in [0.3, 0.4) is 0 Å². The van der Waals surface area contributed by atoms with Crippen LogP contribution >= 0.6 is 15.9 Å². The molecule has 21 heavy (non-hydrogen) atoms. The second kappa shape index (κ2) is 6.58. The first kappa shape index (κ1) is 15.3. The quantitative estimate of drug-likeness (QED) is 0.867. The molecule has 0 aromatic heterocycles. The molecule has 6 heteroatoms. The van der Waals surface area contributed by atoms with Crippen LogP contribution in [-0.2, 0) is 6.54 Å². The molecule has 0 spiro atoms. The van der Waals surface area contributed by atoms with E-state index in [1.54, 1.807) is 13.2 Å². The third-order valence-corrected chi connectivity index (χ3v) is 3.67. The Labute approximate surface area is 130 Å². The number of hydrogen-bond donors (Lipinski definition) is 2. The molecule has 3 N–H and O–H groups in total. The molecule has 0 atom stereocenters. The molecule has 0 saturated heterocycles. The summed E-state index contributed by atoms with van der Waals surface area (Å²) in [6.07, 6.45) is 0. The summed E-state index contributed by atoms with van der Waals surface area (Å²) in [6.45, 7) is 0.274. The fraction of sp³-hybridized carbons (Fsp3) is 0.133. The number of halogens is 2. The number of benzene rings is 2. The molecule has 0 fully saturated rings. The minimum absolute atomic E-state index is 0.152. The summed E-state index contributed by atoms with van der Waals surface area (Å²) in [4.78, 5) is 11.0. The van der Waals surface area contributed by atoms with Gasteiger partial charge < -0.3 is 15.8 Å². The second-order valence-corrected chi connectivity index (χ2v) is 5.22. The standard InChI is InChI=1S/C15H14BrFN2O2/c1-21-11-4-5-12(16)14(7-11)19-8-10-3-2-9(15(18)20)6-13(10)17/h2-7,19H,8H2,1H3,(H2,18,20). The molecule has 110 valence electrons. The van der Waals surface area contributed by atoms with Crippen molar-refractivity contribution in [3.8, 4) is 5.75 Å². The number of nitrogens with two attached hydrogens (primary N) is 1. The van der Waals surface area contributed by atoms with E-state index in [4.69, 9.17) is 10.5 Å². The maximum absolute atomic E-state index is 13.9. The molecular formula is C15H14BrFN2O2. The lowest BCUT2D eigenvalue weighted by atomic mass is 10.1. The summed E-state index contributed by atoms with van der Waals surface area (Å²) in [5.41, 5.74) is 6.48. The predicted molar refractivity (Wildman–Crippen MR) is 82.9 cm³/mol. The maximum atomic E-state index is 13.9. The Morgan fingerprint density at radius 3 is 2.71 bits per heavy atom. The highest BCUT2D eigenvalue weighted by Gasteiger charge is 2.08. The van der Waals surface area contributed by atoms with Crippen LogP contribution in [0.1, 0.15) is 15.9 Å². The number of ether oxygens (including phenoxy) is 1. The zero-order chi connectivity index (χ0) is 15.4. The number of rotatable bonds is 5. The number of nitrogens with one attached hydrogen (secondary N) is 1. The Hall–Kier alpha value is -2.08. The Morgan fingerprint density at radius 1 is 1.33 bits per heavy atom. The Bertz CT molecular complexity index is 677. The Balaban J connectivity index is 2.15. The Morgan fingerprint density at radius 2 is 2.10 bits per heavy atom. The first-order valence-electron chi connectivity index (χ1n) is 6.17. The van der Waals surface area contributed by atoms with E-state index in [2.05, 4.69) is 21.2 Å². The number of carbonyl (C=O) groups is 1. The van der Waals surface area contributed by atoms with Crippen LogP contribution in [0.15, 0.2) is 40.9 Å². The van der Waals surface area contributed by atoms with E-state index < -0.39 is 11.7 Å². The minimum Gasteiger partial charge on any atom is -0.497 e. The van der Waals surface area contributed by atoms with Crippen molar-refractivity contribution in [1.82, 2.24) is 0 Å². The third kappa shape index (κ3) is 3.72. The molecule has 4 nitrogen and oxygen atoms in total. The van der Waals surface area contributed by atoms with Crippen LogP contribution in [0, 0.1) is 5.82 Å². The van der Waals surface area contributed by atoms with Crippen molar-refractivity contribution in [3.63, 3.8) is 0 Å². The van der Waals surface area contributed by atoms with E-state index in [1.807, 2.05) is 12.1 Å². The van der Waals surface area contributed by atoms with Gasteiger partial charge in [0.25, 0.3) is 0 Å². The van der Waals surface area contributed by atoms with E-state index >= 15 is 0 Å². The van der Waals surface area contributed by atoms with Gasteiger partial charge in [-0.3, -0.25) is 4.79 Å². The van der Waals surface area contributed by atoms with Gasteiger partial charge in [-0.1, -0.05) is 6.07 Å². The number of primary amides is 1. The van der Waals surface area contributed by atoms with Gasteiger partial charge in [-0.2, -0.15) is 0 Å². The van der Waals surface area contributed by atoms with Crippen LogP contribution in [0.4, 0.5) is 10.1 Å². The molecule has 2 rings (SSSR count). The topological polar surface area (TPSA) is 64.3 Å². The lowest BCUT2D eigenvalue weighted by Gasteiger charge is -2.11. The zero-order valence-electron chi connectivity index (χ0n) is 11.3. The second-order valence-electron chi connectivity index (χ2n) is 4.37. The maximum Gasteiger partial charge on any atom is 0.248 e. The largest absolute Gasteiger partial charge is 0.497 e. The van der Waals surface area contributed by atoms with Crippen molar-refractivity contribution in [3.05, 3.63) is 57.8 Å². The Kier molecular flexibility index (Phi) is 4.80. The van der Waals surface area contributed by atoms with Crippen LogP contribution in [0.2, 0.25) is 0 Å². The minimum atomic E-state index is -0.649. The van der Waals surface area contributed by atoms with E-state index in [0.717, 1.165) is 16.2 Å². The normalized spacial score (nSPS) is 10.2. The lowest BCUT2D eigenvalue weighted by molar-refractivity contribution is 0.1000. The molecule has 1 amide bonds. The average Bonchev–Trinajstić information content (AvgIpc) is 2.47. The molecule has 0 aliphatic carbocycles. The molecular weight excluding hydrogens is 339 g/mol. The van der Waals surface area contributed by atoms with Gasteiger partial charge >= 0.3 is 0 Å².